The first-order valence-corrected chi connectivity index (χ1v) is 14.3. The molecule has 2 aromatic carbocycles. The van der Waals surface area contributed by atoms with Crippen molar-refractivity contribution in [2.45, 2.75) is 23.0 Å². The minimum atomic E-state index is -3.73. The van der Waals surface area contributed by atoms with Crippen molar-refractivity contribution < 1.29 is 17.9 Å². The van der Waals surface area contributed by atoms with Gasteiger partial charge in [-0.25, -0.2) is 18.5 Å². The van der Waals surface area contributed by atoms with Gasteiger partial charge < -0.3 is 10.1 Å². The molecule has 0 unspecified atom stereocenters. The van der Waals surface area contributed by atoms with Gasteiger partial charge in [-0.15, -0.1) is 11.3 Å². The Morgan fingerprint density at radius 2 is 1.81 bits per heavy atom. The van der Waals surface area contributed by atoms with Gasteiger partial charge in [0, 0.05) is 6.54 Å². The molecular formula is C24H24N4O5S3. The molecule has 0 aliphatic rings. The van der Waals surface area contributed by atoms with Gasteiger partial charge in [0.25, 0.3) is 5.56 Å². The summed E-state index contributed by atoms with van der Waals surface area (Å²) >= 11 is 2.55. The molecule has 0 bridgehead atoms. The molecule has 0 spiro atoms. The Kier molecular flexibility index (Phi) is 8.09. The van der Waals surface area contributed by atoms with E-state index in [9.17, 15) is 18.0 Å². The van der Waals surface area contributed by atoms with Crippen LogP contribution < -0.4 is 20.8 Å². The van der Waals surface area contributed by atoms with Crippen LogP contribution in [0.2, 0.25) is 0 Å². The largest absolute Gasteiger partial charge is 0.497 e. The molecule has 1 amide bonds. The molecule has 4 aromatic rings. The number of sulfonamides is 1. The average molecular weight is 545 g/mol. The minimum Gasteiger partial charge on any atom is -0.497 e. The lowest BCUT2D eigenvalue weighted by Crippen LogP contribution is -2.28. The smallest absolute Gasteiger partial charge is 0.272 e. The lowest BCUT2D eigenvalue weighted by molar-refractivity contribution is -0.118. The Balaban J connectivity index is 1.40. The fourth-order valence-corrected chi connectivity index (χ4v) is 5.58. The molecule has 0 aliphatic carbocycles. The Morgan fingerprint density at radius 1 is 1.11 bits per heavy atom. The molecule has 0 aliphatic heterocycles. The van der Waals surface area contributed by atoms with E-state index >= 15 is 0 Å². The van der Waals surface area contributed by atoms with Gasteiger partial charge in [0.05, 0.1) is 29.8 Å². The van der Waals surface area contributed by atoms with Crippen molar-refractivity contribution in [2.75, 3.05) is 19.4 Å². The van der Waals surface area contributed by atoms with Crippen molar-refractivity contribution in [3.63, 3.8) is 0 Å². The standard InChI is InChI=1S/C24H24N4O5S3/c1-33-18-6-2-17(3-7-18)14-28-23(30)22-20(11-13-34-22)27-24(28)35-15-21(29)26-12-10-16-4-8-19(9-5-16)36(25,31)32/h2-9,11,13H,10,12,14-15H2,1H3,(H,26,29)(H2,25,31,32). The highest BCUT2D eigenvalue weighted by atomic mass is 32.2. The molecule has 3 N–H and O–H groups in total. The quantitative estimate of drug-likeness (QED) is 0.232. The number of primary sulfonamides is 1. The van der Waals surface area contributed by atoms with E-state index in [0.717, 1.165) is 16.9 Å². The maximum atomic E-state index is 13.1. The molecule has 188 valence electrons. The number of methoxy groups -OCH3 is 1. The Morgan fingerprint density at radius 3 is 2.47 bits per heavy atom. The number of hydrogen-bond acceptors (Lipinski definition) is 8. The van der Waals surface area contributed by atoms with Crippen molar-refractivity contribution >= 4 is 49.2 Å². The van der Waals surface area contributed by atoms with Crippen LogP contribution in [0, 0.1) is 0 Å². The molecular weight excluding hydrogens is 520 g/mol. The van der Waals surface area contributed by atoms with Crippen LogP contribution in [-0.4, -0.2) is 43.3 Å². The van der Waals surface area contributed by atoms with Crippen molar-refractivity contribution in [2.24, 2.45) is 5.14 Å². The second kappa shape index (κ2) is 11.2. The molecule has 9 nitrogen and oxygen atoms in total. The van der Waals surface area contributed by atoms with Gasteiger partial charge in [-0.3, -0.25) is 14.2 Å². The lowest BCUT2D eigenvalue weighted by atomic mass is 10.1. The molecule has 0 atom stereocenters. The van der Waals surface area contributed by atoms with Crippen molar-refractivity contribution in [3.05, 3.63) is 81.5 Å². The summed E-state index contributed by atoms with van der Waals surface area (Å²) in [6.07, 6.45) is 0.530. The second-order valence-corrected chi connectivity index (χ2v) is 11.3. The molecule has 12 heteroatoms. The summed E-state index contributed by atoms with van der Waals surface area (Å²) in [6, 6.07) is 15.5. The van der Waals surface area contributed by atoms with Crippen LogP contribution in [0.1, 0.15) is 11.1 Å². The molecule has 2 aromatic heterocycles. The number of thiophene rings is 1. The summed E-state index contributed by atoms with van der Waals surface area (Å²) in [6.45, 7) is 0.700. The van der Waals surface area contributed by atoms with E-state index in [1.54, 1.807) is 29.9 Å². The summed E-state index contributed by atoms with van der Waals surface area (Å²) in [5.41, 5.74) is 2.25. The van der Waals surface area contributed by atoms with Crippen LogP contribution in [-0.2, 0) is 27.8 Å². The first-order chi connectivity index (χ1) is 17.2. The number of ether oxygens (including phenoxy) is 1. The third-order valence-electron chi connectivity index (χ3n) is 5.35. The zero-order chi connectivity index (χ0) is 25.7. The lowest BCUT2D eigenvalue weighted by Gasteiger charge is -2.12. The van der Waals surface area contributed by atoms with Gasteiger partial charge in [-0.1, -0.05) is 36.0 Å². The van der Waals surface area contributed by atoms with Gasteiger partial charge >= 0.3 is 0 Å². The van der Waals surface area contributed by atoms with E-state index in [-0.39, 0.29) is 22.1 Å². The van der Waals surface area contributed by atoms with E-state index in [1.165, 1.54) is 35.2 Å². The third-order valence-corrected chi connectivity index (χ3v) is 8.15. The monoisotopic (exact) mass is 544 g/mol. The number of carbonyl (C=O) groups is 1. The molecule has 0 fully saturated rings. The Labute approximate surface area is 216 Å². The van der Waals surface area contributed by atoms with Crippen LogP contribution in [0.15, 0.2) is 74.8 Å². The van der Waals surface area contributed by atoms with Gasteiger partial charge in [0.15, 0.2) is 5.16 Å². The number of nitrogens with two attached hydrogens (primary N) is 1. The summed E-state index contributed by atoms with van der Waals surface area (Å²) < 4.78 is 30.1. The summed E-state index contributed by atoms with van der Waals surface area (Å²) in [5, 5.41) is 10.2. The van der Waals surface area contributed by atoms with Crippen molar-refractivity contribution in [1.29, 1.82) is 0 Å². The summed E-state index contributed by atoms with van der Waals surface area (Å²) in [5.74, 6) is 0.621. The highest BCUT2D eigenvalue weighted by Gasteiger charge is 2.15. The first kappa shape index (κ1) is 25.9. The highest BCUT2D eigenvalue weighted by Crippen LogP contribution is 2.22. The SMILES string of the molecule is COc1ccc(Cn2c(SCC(=O)NCCc3ccc(S(N)(=O)=O)cc3)nc3ccsc3c2=O)cc1. The molecule has 4 rings (SSSR count). The number of thioether (sulfide) groups is 1. The summed E-state index contributed by atoms with van der Waals surface area (Å²) in [7, 11) is -2.14. The first-order valence-electron chi connectivity index (χ1n) is 10.9. The summed E-state index contributed by atoms with van der Waals surface area (Å²) in [4.78, 5) is 30.3. The number of aromatic nitrogens is 2. The maximum Gasteiger partial charge on any atom is 0.272 e. The van der Waals surface area contributed by atoms with E-state index in [0.29, 0.717) is 34.9 Å². The Bertz CT molecular complexity index is 1530. The molecule has 36 heavy (non-hydrogen) atoms. The number of nitrogens with zero attached hydrogens (tertiary/aromatic N) is 2. The van der Waals surface area contributed by atoms with Crippen LogP contribution in [0.5, 0.6) is 5.75 Å². The zero-order valence-electron chi connectivity index (χ0n) is 19.3. The number of rotatable bonds is 10. The fourth-order valence-electron chi connectivity index (χ4n) is 3.46. The van der Waals surface area contributed by atoms with Crippen LogP contribution in [0.25, 0.3) is 10.2 Å². The van der Waals surface area contributed by atoms with Gasteiger partial charge in [-0.05, 0) is 53.3 Å². The van der Waals surface area contributed by atoms with Gasteiger partial charge in [-0.2, -0.15) is 0 Å². The van der Waals surface area contributed by atoms with Crippen molar-refractivity contribution in [1.82, 2.24) is 14.9 Å². The number of fused-ring (bicyclic) bond motifs is 1. The predicted octanol–water partition coefficient (Wildman–Crippen LogP) is 2.61. The number of benzene rings is 2. The zero-order valence-corrected chi connectivity index (χ0v) is 21.8. The number of nitrogens with one attached hydrogen (secondary N) is 1. The van der Waals surface area contributed by atoms with Crippen LogP contribution in [0.4, 0.5) is 0 Å². The van der Waals surface area contributed by atoms with E-state index in [1.807, 2.05) is 29.6 Å². The normalized spacial score (nSPS) is 11.5. The second-order valence-electron chi connectivity index (χ2n) is 7.85. The van der Waals surface area contributed by atoms with Crippen LogP contribution in [0.3, 0.4) is 0 Å². The molecule has 0 saturated carbocycles. The molecule has 2 heterocycles. The predicted molar refractivity (Wildman–Crippen MR) is 141 cm³/mol. The van der Waals surface area contributed by atoms with Crippen LogP contribution >= 0.6 is 23.1 Å². The molecule has 0 radical (unpaired) electrons. The van der Waals surface area contributed by atoms with Gasteiger partial charge in [0.2, 0.25) is 15.9 Å². The topological polar surface area (TPSA) is 133 Å². The average Bonchev–Trinajstić information content (AvgIpc) is 3.34. The highest BCUT2D eigenvalue weighted by molar-refractivity contribution is 7.99. The minimum absolute atomic E-state index is 0.0439. The third kappa shape index (κ3) is 6.32. The number of hydrogen-bond donors (Lipinski definition) is 2. The number of amides is 1. The van der Waals surface area contributed by atoms with E-state index in [2.05, 4.69) is 10.3 Å². The fraction of sp³-hybridized carbons (Fsp3) is 0.208. The molecule has 0 saturated heterocycles. The van der Waals surface area contributed by atoms with E-state index in [4.69, 9.17) is 9.88 Å². The van der Waals surface area contributed by atoms with Gasteiger partial charge in [0.1, 0.15) is 10.4 Å². The Hall–Kier alpha value is -3.19. The number of carbonyl (C=O) groups excluding carboxylic acids is 1. The van der Waals surface area contributed by atoms with E-state index < -0.39 is 10.0 Å². The van der Waals surface area contributed by atoms with Crippen molar-refractivity contribution in [3.8, 4) is 5.75 Å². The maximum absolute atomic E-state index is 13.1.